The highest BCUT2D eigenvalue weighted by Gasteiger charge is 2.22. The SMILES string of the molecule is CCC[SiH]1CCC(c2ccc(I)cc2)CC1. The van der Waals surface area contributed by atoms with Gasteiger partial charge < -0.3 is 0 Å². The van der Waals surface area contributed by atoms with Crippen molar-refractivity contribution in [1.82, 2.24) is 0 Å². The number of benzene rings is 1. The Labute approximate surface area is 115 Å². The molecule has 1 aromatic rings. The summed E-state index contributed by atoms with van der Waals surface area (Å²) >= 11 is 2.39. The standard InChI is InChI=1S/C14H21ISi/c1-2-9-16-10-7-13(8-11-16)12-3-5-14(15)6-4-12/h3-6,13,16H,2,7-11H2,1H3. The number of hydrogen-bond acceptors (Lipinski definition) is 0. The minimum Gasteiger partial charge on any atom is -0.0657 e. The second-order valence-electron chi connectivity index (χ2n) is 5.06. The third-order valence-electron chi connectivity index (χ3n) is 3.89. The Morgan fingerprint density at radius 3 is 2.38 bits per heavy atom. The second-order valence-corrected chi connectivity index (χ2v) is 9.77. The molecule has 1 heterocycles. The highest BCUT2D eigenvalue weighted by atomic mass is 127. The summed E-state index contributed by atoms with van der Waals surface area (Å²) < 4.78 is 1.36. The van der Waals surface area contributed by atoms with Gasteiger partial charge in [-0.25, -0.2) is 0 Å². The Morgan fingerprint density at radius 1 is 1.19 bits per heavy atom. The third kappa shape index (κ3) is 3.33. The molecule has 0 bridgehead atoms. The maximum atomic E-state index is 2.39. The molecule has 88 valence electrons. The molecule has 2 rings (SSSR count). The van der Waals surface area contributed by atoms with E-state index in [0.717, 1.165) is 5.92 Å². The highest BCUT2D eigenvalue weighted by Crippen LogP contribution is 2.34. The van der Waals surface area contributed by atoms with E-state index in [4.69, 9.17) is 0 Å². The van der Waals surface area contributed by atoms with E-state index < -0.39 is 0 Å². The average Bonchev–Trinajstić information content (AvgIpc) is 2.32. The fourth-order valence-corrected chi connectivity index (χ4v) is 6.72. The van der Waals surface area contributed by atoms with Gasteiger partial charge in [0.25, 0.3) is 0 Å². The van der Waals surface area contributed by atoms with E-state index in [0.29, 0.717) is 0 Å². The summed E-state index contributed by atoms with van der Waals surface area (Å²) in [4.78, 5) is 0. The molecule has 0 radical (unpaired) electrons. The van der Waals surface area contributed by atoms with Gasteiger partial charge in [-0.1, -0.05) is 43.6 Å². The summed E-state index contributed by atoms with van der Waals surface area (Å²) in [6.07, 6.45) is 4.36. The molecule has 1 aliphatic rings. The lowest BCUT2D eigenvalue weighted by Gasteiger charge is -2.27. The maximum Gasteiger partial charge on any atom is 0.0368 e. The first kappa shape index (κ1) is 12.6. The van der Waals surface area contributed by atoms with Gasteiger partial charge in [0.2, 0.25) is 0 Å². The molecule has 16 heavy (non-hydrogen) atoms. The van der Waals surface area contributed by atoms with E-state index in [1.165, 1.54) is 22.8 Å². The monoisotopic (exact) mass is 344 g/mol. The first-order chi connectivity index (χ1) is 7.79. The molecule has 1 saturated heterocycles. The zero-order chi connectivity index (χ0) is 11.4. The summed E-state index contributed by atoms with van der Waals surface area (Å²) in [5.74, 6) is 0.873. The number of hydrogen-bond donors (Lipinski definition) is 0. The van der Waals surface area contributed by atoms with Gasteiger partial charge in [0, 0.05) is 12.4 Å². The topological polar surface area (TPSA) is 0 Å². The molecule has 0 aliphatic carbocycles. The van der Waals surface area contributed by atoms with Crippen molar-refractivity contribution in [2.24, 2.45) is 0 Å². The zero-order valence-corrected chi connectivity index (χ0v) is 13.4. The first-order valence-corrected chi connectivity index (χ1v) is 10.1. The lowest BCUT2D eigenvalue weighted by atomic mass is 9.94. The van der Waals surface area contributed by atoms with Gasteiger partial charge >= 0.3 is 0 Å². The molecule has 1 aliphatic heterocycles. The van der Waals surface area contributed by atoms with Gasteiger partial charge in [0.15, 0.2) is 0 Å². The van der Waals surface area contributed by atoms with Crippen LogP contribution in [0.4, 0.5) is 0 Å². The van der Waals surface area contributed by atoms with Crippen LogP contribution in [0.2, 0.25) is 18.1 Å². The molecule has 0 spiro atoms. The summed E-state index contributed by atoms with van der Waals surface area (Å²) in [7, 11) is -0.300. The van der Waals surface area contributed by atoms with Crippen LogP contribution < -0.4 is 0 Å². The van der Waals surface area contributed by atoms with Gasteiger partial charge in [-0.05, 0) is 59.0 Å². The van der Waals surface area contributed by atoms with Gasteiger partial charge in [0.1, 0.15) is 0 Å². The lowest BCUT2D eigenvalue weighted by Crippen LogP contribution is -2.19. The van der Waals surface area contributed by atoms with E-state index in [-0.39, 0.29) is 8.80 Å². The van der Waals surface area contributed by atoms with E-state index >= 15 is 0 Å². The minimum absolute atomic E-state index is 0.300. The molecule has 0 nitrogen and oxygen atoms in total. The van der Waals surface area contributed by atoms with E-state index in [1.54, 1.807) is 23.7 Å². The molecule has 0 saturated carbocycles. The van der Waals surface area contributed by atoms with Crippen molar-refractivity contribution in [3.63, 3.8) is 0 Å². The Bertz CT molecular complexity index is 312. The van der Waals surface area contributed by atoms with Crippen molar-refractivity contribution in [2.45, 2.75) is 50.2 Å². The first-order valence-electron chi connectivity index (χ1n) is 6.55. The number of rotatable bonds is 3. The quantitative estimate of drug-likeness (QED) is 0.545. The Hall–Kier alpha value is 0.167. The lowest BCUT2D eigenvalue weighted by molar-refractivity contribution is 0.605. The van der Waals surface area contributed by atoms with Crippen molar-refractivity contribution in [3.8, 4) is 0 Å². The summed E-state index contributed by atoms with van der Waals surface area (Å²) in [6.45, 7) is 2.35. The maximum absolute atomic E-state index is 2.39. The van der Waals surface area contributed by atoms with Gasteiger partial charge in [-0.2, -0.15) is 0 Å². The molecular weight excluding hydrogens is 323 g/mol. The molecule has 1 fully saturated rings. The van der Waals surface area contributed by atoms with Crippen LogP contribution in [0, 0.1) is 3.57 Å². The molecule has 0 unspecified atom stereocenters. The van der Waals surface area contributed by atoms with Crippen LogP contribution in [-0.2, 0) is 0 Å². The Morgan fingerprint density at radius 2 is 1.81 bits per heavy atom. The van der Waals surface area contributed by atoms with Gasteiger partial charge in [0.05, 0.1) is 0 Å². The van der Waals surface area contributed by atoms with Crippen molar-refractivity contribution in [2.75, 3.05) is 0 Å². The zero-order valence-electron chi connectivity index (χ0n) is 10.1. The van der Waals surface area contributed by atoms with Crippen molar-refractivity contribution >= 4 is 31.4 Å². The van der Waals surface area contributed by atoms with Crippen molar-refractivity contribution in [1.29, 1.82) is 0 Å². The van der Waals surface area contributed by atoms with Crippen LogP contribution in [0.15, 0.2) is 24.3 Å². The van der Waals surface area contributed by atoms with Crippen molar-refractivity contribution in [3.05, 3.63) is 33.4 Å². The second kappa shape index (κ2) is 6.19. The summed E-state index contributed by atoms with van der Waals surface area (Å²) in [5.41, 5.74) is 1.59. The van der Waals surface area contributed by atoms with Crippen LogP contribution in [0.5, 0.6) is 0 Å². The van der Waals surface area contributed by atoms with Gasteiger partial charge in [-0.15, -0.1) is 0 Å². The largest absolute Gasteiger partial charge is 0.0657 e. The van der Waals surface area contributed by atoms with Crippen LogP contribution in [0.3, 0.4) is 0 Å². The molecule has 0 N–H and O–H groups in total. The molecule has 2 heteroatoms. The highest BCUT2D eigenvalue weighted by molar-refractivity contribution is 14.1. The fourth-order valence-electron chi connectivity index (χ4n) is 2.93. The fraction of sp³-hybridized carbons (Fsp3) is 0.571. The molecule has 0 aromatic heterocycles. The average molecular weight is 344 g/mol. The van der Waals surface area contributed by atoms with Crippen molar-refractivity contribution < 1.29 is 0 Å². The predicted octanol–water partition coefficient (Wildman–Crippen LogP) is 4.81. The van der Waals surface area contributed by atoms with E-state index in [1.807, 2.05) is 0 Å². The van der Waals surface area contributed by atoms with Crippen LogP contribution in [0.25, 0.3) is 0 Å². The predicted molar refractivity (Wildman–Crippen MR) is 83.0 cm³/mol. The normalized spacial score (nSPS) is 25.6. The van der Waals surface area contributed by atoms with Gasteiger partial charge in [-0.3, -0.25) is 0 Å². The van der Waals surface area contributed by atoms with E-state index in [2.05, 4.69) is 53.8 Å². The van der Waals surface area contributed by atoms with Crippen LogP contribution >= 0.6 is 22.6 Å². The molecule has 0 atom stereocenters. The van der Waals surface area contributed by atoms with Crippen LogP contribution in [-0.4, -0.2) is 8.80 Å². The molecular formula is C14H21ISi. The van der Waals surface area contributed by atoms with Crippen LogP contribution in [0.1, 0.15) is 37.7 Å². The summed E-state index contributed by atoms with van der Waals surface area (Å²) in [6, 6.07) is 14.0. The minimum atomic E-state index is -0.300. The number of halogens is 1. The summed E-state index contributed by atoms with van der Waals surface area (Å²) in [5, 5.41) is 0. The molecule has 1 aromatic carbocycles. The Kier molecular flexibility index (Phi) is 4.89. The third-order valence-corrected chi connectivity index (χ3v) is 8.30. The Balaban J connectivity index is 1.91. The molecule has 0 amide bonds. The smallest absolute Gasteiger partial charge is 0.0368 e. The van der Waals surface area contributed by atoms with E-state index in [9.17, 15) is 0 Å².